The molecule has 23 heavy (non-hydrogen) atoms. The van der Waals surface area contributed by atoms with Crippen LogP contribution in [0.4, 0.5) is 5.69 Å². The van der Waals surface area contributed by atoms with Gasteiger partial charge >= 0.3 is 5.69 Å². The summed E-state index contributed by atoms with van der Waals surface area (Å²) in [6.45, 7) is 1.42. The lowest BCUT2D eigenvalue weighted by molar-refractivity contribution is -0.388. The van der Waals surface area contributed by atoms with E-state index in [-0.39, 0.29) is 11.6 Å². The average molecular weight is 349 g/mol. The zero-order valence-electron chi connectivity index (χ0n) is 12.3. The highest BCUT2D eigenvalue weighted by Crippen LogP contribution is 2.28. The molecule has 2 aromatic rings. The van der Waals surface area contributed by atoms with Gasteiger partial charge in [0.05, 0.1) is 4.92 Å². The van der Waals surface area contributed by atoms with Crippen LogP contribution in [0, 0.1) is 10.1 Å². The summed E-state index contributed by atoms with van der Waals surface area (Å²) in [6.07, 6.45) is 2.80. The van der Waals surface area contributed by atoms with Crippen LogP contribution in [0.2, 0.25) is 0 Å². The molecule has 8 heteroatoms. The van der Waals surface area contributed by atoms with Crippen LogP contribution in [0.25, 0.3) is 0 Å². The molecule has 120 valence electrons. The van der Waals surface area contributed by atoms with Crippen molar-refractivity contribution in [2.75, 3.05) is 12.3 Å². The third-order valence-corrected chi connectivity index (χ3v) is 5.68. The summed E-state index contributed by atoms with van der Waals surface area (Å²) in [5, 5.41) is 13.4. The molecular formula is C15H15N3O3S2. The van der Waals surface area contributed by atoms with E-state index in [0.29, 0.717) is 23.7 Å². The van der Waals surface area contributed by atoms with E-state index in [4.69, 9.17) is 0 Å². The number of rotatable bonds is 5. The Hall–Kier alpha value is -1.93. The number of amides is 1. The van der Waals surface area contributed by atoms with Crippen LogP contribution in [0.3, 0.4) is 0 Å². The van der Waals surface area contributed by atoms with Gasteiger partial charge in [0.15, 0.2) is 5.03 Å². The van der Waals surface area contributed by atoms with E-state index in [9.17, 15) is 14.9 Å². The van der Waals surface area contributed by atoms with E-state index in [0.717, 1.165) is 13.0 Å². The number of nitro groups is 1. The summed E-state index contributed by atoms with van der Waals surface area (Å²) >= 11 is 3.00. The second-order valence-electron chi connectivity index (χ2n) is 5.12. The molecule has 0 spiro atoms. The molecule has 6 nitrogen and oxygen atoms in total. The molecule has 0 saturated heterocycles. The number of thioether (sulfide) groups is 1. The molecule has 1 aliphatic rings. The molecule has 3 heterocycles. The van der Waals surface area contributed by atoms with Crippen molar-refractivity contribution in [3.8, 4) is 0 Å². The number of fused-ring (bicyclic) bond motifs is 1. The van der Waals surface area contributed by atoms with E-state index in [2.05, 4.69) is 16.4 Å². The molecular weight excluding hydrogens is 334 g/mol. The number of carbonyl (C=O) groups is 1. The maximum Gasteiger partial charge on any atom is 0.301 e. The van der Waals surface area contributed by atoms with E-state index >= 15 is 0 Å². The summed E-state index contributed by atoms with van der Waals surface area (Å²) in [7, 11) is 0. The highest BCUT2D eigenvalue weighted by Gasteiger charge is 2.21. The number of hydrogen-bond acceptors (Lipinski definition) is 6. The fourth-order valence-electron chi connectivity index (χ4n) is 2.49. The maximum atomic E-state index is 12.3. The van der Waals surface area contributed by atoms with E-state index in [1.54, 1.807) is 17.4 Å². The van der Waals surface area contributed by atoms with Crippen LogP contribution in [0.15, 0.2) is 34.8 Å². The lowest BCUT2D eigenvalue weighted by atomic mass is 10.1. The number of carbonyl (C=O) groups excluding carboxylic acids is 1. The predicted octanol–water partition coefficient (Wildman–Crippen LogP) is 3.12. The van der Waals surface area contributed by atoms with Gasteiger partial charge in [-0.1, -0.05) is 11.8 Å². The van der Waals surface area contributed by atoms with Gasteiger partial charge < -0.3 is 4.90 Å². The van der Waals surface area contributed by atoms with E-state index in [1.165, 1.54) is 34.5 Å². The number of aromatic nitrogens is 1. The fourth-order valence-corrected chi connectivity index (χ4v) is 4.27. The van der Waals surface area contributed by atoms with Crippen LogP contribution < -0.4 is 0 Å². The molecule has 0 bridgehead atoms. The third kappa shape index (κ3) is 3.70. The van der Waals surface area contributed by atoms with Crippen molar-refractivity contribution in [2.45, 2.75) is 24.4 Å². The van der Waals surface area contributed by atoms with Gasteiger partial charge in [0.2, 0.25) is 5.91 Å². The highest BCUT2D eigenvalue weighted by molar-refractivity contribution is 7.99. The minimum atomic E-state index is -0.445. The van der Waals surface area contributed by atoms with E-state index in [1.807, 2.05) is 4.90 Å². The second-order valence-corrected chi connectivity index (χ2v) is 7.20. The van der Waals surface area contributed by atoms with Crippen molar-refractivity contribution >= 4 is 34.7 Å². The Balaban J connectivity index is 1.53. The predicted molar refractivity (Wildman–Crippen MR) is 89.7 cm³/mol. The standard InChI is InChI=1S/C15H15N3O3S2/c19-14(17-7-3-13-11(10-17)4-8-22-13)5-9-23-15-12(18(20)21)2-1-6-16-15/h1-2,4,6,8H,3,5,7,9-10H2. The molecule has 0 unspecified atom stereocenters. The van der Waals surface area contributed by atoms with Gasteiger partial charge in [-0.25, -0.2) is 4.98 Å². The molecule has 0 aromatic carbocycles. The topological polar surface area (TPSA) is 76.3 Å². The Morgan fingerprint density at radius 1 is 1.48 bits per heavy atom. The Morgan fingerprint density at radius 3 is 3.17 bits per heavy atom. The van der Waals surface area contributed by atoms with Crippen molar-refractivity contribution in [3.63, 3.8) is 0 Å². The summed E-state index contributed by atoms with van der Waals surface area (Å²) < 4.78 is 0. The first-order valence-corrected chi connectivity index (χ1v) is 9.07. The van der Waals surface area contributed by atoms with Gasteiger partial charge in [-0.3, -0.25) is 14.9 Å². The van der Waals surface area contributed by atoms with Gasteiger partial charge in [-0.05, 0) is 29.5 Å². The quantitative estimate of drug-likeness (QED) is 0.471. The first-order valence-electron chi connectivity index (χ1n) is 7.20. The van der Waals surface area contributed by atoms with Crippen molar-refractivity contribution in [2.24, 2.45) is 0 Å². The molecule has 0 aliphatic carbocycles. The molecule has 2 aromatic heterocycles. The Labute approximate surface area is 141 Å². The molecule has 3 rings (SSSR count). The monoisotopic (exact) mass is 349 g/mol. The summed E-state index contributed by atoms with van der Waals surface area (Å²) in [6, 6.07) is 5.05. The average Bonchev–Trinajstić information content (AvgIpc) is 3.02. The van der Waals surface area contributed by atoms with E-state index < -0.39 is 4.92 Å². The van der Waals surface area contributed by atoms with Crippen LogP contribution in [-0.4, -0.2) is 33.0 Å². The number of hydrogen-bond donors (Lipinski definition) is 0. The molecule has 1 amide bonds. The van der Waals surface area contributed by atoms with Crippen molar-refractivity contribution < 1.29 is 9.72 Å². The summed E-state index contributed by atoms with van der Waals surface area (Å²) in [5.74, 6) is 0.580. The van der Waals surface area contributed by atoms with Gasteiger partial charge in [0, 0.05) is 42.4 Å². The fraction of sp³-hybridized carbons (Fsp3) is 0.333. The van der Waals surface area contributed by atoms with Gasteiger partial charge in [-0.15, -0.1) is 11.3 Å². The first-order chi connectivity index (χ1) is 11.1. The number of pyridine rings is 1. The Bertz CT molecular complexity index is 732. The van der Waals surface area contributed by atoms with Crippen molar-refractivity contribution in [1.82, 2.24) is 9.88 Å². The number of thiophene rings is 1. The molecule has 0 radical (unpaired) electrons. The third-order valence-electron chi connectivity index (χ3n) is 3.66. The Kier molecular flexibility index (Phi) is 4.92. The SMILES string of the molecule is O=C(CCSc1ncccc1[N+](=O)[O-])N1CCc2sccc2C1. The molecule has 0 atom stereocenters. The molecule has 0 saturated carbocycles. The van der Waals surface area contributed by atoms with Crippen molar-refractivity contribution in [1.29, 1.82) is 0 Å². The lowest BCUT2D eigenvalue weighted by Crippen LogP contribution is -2.35. The maximum absolute atomic E-state index is 12.3. The van der Waals surface area contributed by atoms with Crippen LogP contribution in [-0.2, 0) is 17.8 Å². The van der Waals surface area contributed by atoms with Crippen LogP contribution in [0.5, 0.6) is 0 Å². The number of nitrogens with zero attached hydrogens (tertiary/aromatic N) is 3. The highest BCUT2D eigenvalue weighted by atomic mass is 32.2. The van der Waals surface area contributed by atoms with Crippen molar-refractivity contribution in [3.05, 3.63) is 50.3 Å². The van der Waals surface area contributed by atoms with Crippen LogP contribution in [0.1, 0.15) is 16.9 Å². The zero-order valence-corrected chi connectivity index (χ0v) is 13.9. The lowest BCUT2D eigenvalue weighted by Gasteiger charge is -2.27. The Morgan fingerprint density at radius 2 is 2.35 bits per heavy atom. The van der Waals surface area contributed by atoms with Crippen LogP contribution >= 0.6 is 23.1 Å². The largest absolute Gasteiger partial charge is 0.338 e. The molecule has 1 aliphatic heterocycles. The molecule has 0 N–H and O–H groups in total. The minimum absolute atomic E-state index is 0.00848. The van der Waals surface area contributed by atoms with Gasteiger partial charge in [0.1, 0.15) is 0 Å². The summed E-state index contributed by atoms with van der Waals surface area (Å²) in [5.41, 5.74) is 1.23. The summed E-state index contributed by atoms with van der Waals surface area (Å²) in [4.78, 5) is 30.1. The molecule has 0 fully saturated rings. The van der Waals surface area contributed by atoms with Gasteiger partial charge in [0.25, 0.3) is 0 Å². The normalized spacial score (nSPS) is 13.7. The second kappa shape index (κ2) is 7.10. The smallest absolute Gasteiger partial charge is 0.301 e. The first kappa shape index (κ1) is 15.9. The minimum Gasteiger partial charge on any atom is -0.338 e. The zero-order chi connectivity index (χ0) is 16.2. The van der Waals surface area contributed by atoms with Gasteiger partial charge in [-0.2, -0.15) is 0 Å².